The standard InChI is InChI=1S/C17H15ClF4N8O3/c1-24-16(26-8-23)25-6-2-3-12-13(29-33-28-12)14(30-32-15(31)17(20,21)22)27-9-4-5-11(19)10(18)7-9/h4-5,7H,2-3,6H2,1H3,(H,27,30)(H2,24,25,26). The van der Waals surface area contributed by atoms with E-state index in [9.17, 15) is 22.4 Å². The van der Waals surface area contributed by atoms with Gasteiger partial charge >= 0.3 is 12.1 Å². The molecule has 1 aromatic heterocycles. The zero-order valence-corrected chi connectivity index (χ0v) is 17.5. The Kier molecular flexibility index (Phi) is 8.92. The van der Waals surface area contributed by atoms with E-state index in [1.54, 1.807) is 13.2 Å². The van der Waals surface area contributed by atoms with Crippen LogP contribution in [0.25, 0.3) is 0 Å². The fourth-order valence-electron chi connectivity index (χ4n) is 2.22. The van der Waals surface area contributed by atoms with E-state index >= 15 is 0 Å². The van der Waals surface area contributed by atoms with Crippen LogP contribution < -0.4 is 16.0 Å². The van der Waals surface area contributed by atoms with E-state index in [-0.39, 0.29) is 34.5 Å². The van der Waals surface area contributed by atoms with Gasteiger partial charge < -0.3 is 20.8 Å². The molecule has 0 fully saturated rings. The molecule has 1 heterocycles. The molecule has 0 aliphatic rings. The summed E-state index contributed by atoms with van der Waals surface area (Å²) in [6.45, 7) is 0.324. The Morgan fingerprint density at radius 3 is 2.76 bits per heavy atom. The quantitative estimate of drug-likeness (QED) is 0.101. The minimum absolute atomic E-state index is 0.102. The Morgan fingerprint density at radius 2 is 2.12 bits per heavy atom. The Hall–Kier alpha value is -3.93. The molecule has 1 aromatic carbocycles. The molecular weight excluding hydrogens is 476 g/mol. The van der Waals surface area contributed by atoms with Gasteiger partial charge in [-0.05, 0) is 36.2 Å². The molecule has 0 unspecified atom stereocenters. The van der Waals surface area contributed by atoms with Gasteiger partial charge in [-0.25, -0.2) is 13.8 Å². The number of nitrogens with zero attached hydrogens (tertiary/aromatic N) is 5. The van der Waals surface area contributed by atoms with Gasteiger partial charge in [-0.3, -0.25) is 0 Å². The minimum Gasteiger partial charge on any atom is -0.359 e. The number of hydrogen-bond acceptors (Lipinski definition) is 8. The number of amidine groups is 1. The van der Waals surface area contributed by atoms with Gasteiger partial charge in [0.05, 0.1) is 5.02 Å². The lowest BCUT2D eigenvalue weighted by Gasteiger charge is -2.10. The summed E-state index contributed by atoms with van der Waals surface area (Å²) in [7, 11) is 1.56. The number of aryl methyl sites for hydroxylation is 1. The Labute approximate surface area is 188 Å². The van der Waals surface area contributed by atoms with Crippen LogP contribution in [0.2, 0.25) is 5.02 Å². The largest absolute Gasteiger partial charge is 0.493 e. The van der Waals surface area contributed by atoms with Crippen LogP contribution in [0, 0.1) is 17.3 Å². The minimum atomic E-state index is -5.29. The molecule has 3 N–H and O–H groups in total. The fourth-order valence-corrected chi connectivity index (χ4v) is 2.40. The number of oxime groups is 1. The van der Waals surface area contributed by atoms with Crippen molar-refractivity contribution in [2.75, 3.05) is 18.9 Å². The van der Waals surface area contributed by atoms with Crippen molar-refractivity contribution in [1.29, 1.82) is 5.26 Å². The average Bonchev–Trinajstić information content (AvgIpc) is 3.23. The van der Waals surface area contributed by atoms with Crippen molar-refractivity contribution < 1.29 is 31.8 Å². The maximum atomic E-state index is 13.4. The van der Waals surface area contributed by atoms with E-state index < -0.39 is 23.8 Å². The first-order valence-electron chi connectivity index (χ1n) is 8.94. The number of carbonyl (C=O) groups is 1. The van der Waals surface area contributed by atoms with Crippen LogP contribution in [0.4, 0.5) is 23.2 Å². The highest BCUT2D eigenvalue weighted by atomic mass is 35.5. The molecule has 0 amide bonds. The maximum Gasteiger partial charge on any atom is 0.493 e. The third-order valence-corrected chi connectivity index (χ3v) is 3.99. The summed E-state index contributed by atoms with van der Waals surface area (Å²) in [5, 5.41) is 26.8. The highest BCUT2D eigenvalue weighted by Gasteiger charge is 2.42. The van der Waals surface area contributed by atoms with Crippen molar-refractivity contribution in [3.05, 3.63) is 40.4 Å². The predicted molar refractivity (Wildman–Crippen MR) is 106 cm³/mol. The molecule has 0 aliphatic carbocycles. The number of carbonyl (C=O) groups excluding carboxylic acids is 1. The van der Waals surface area contributed by atoms with Crippen molar-refractivity contribution in [2.45, 2.75) is 19.0 Å². The van der Waals surface area contributed by atoms with Gasteiger partial charge in [-0.1, -0.05) is 21.9 Å². The van der Waals surface area contributed by atoms with Gasteiger partial charge in [0.1, 0.15) is 11.5 Å². The molecule has 176 valence electrons. The third kappa shape index (κ3) is 7.61. The SMILES string of the molecule is CN/C(=N\C#N)NCCCc1nonc1/C(=N/OC(=O)C(F)(F)F)Nc1ccc(F)c(Cl)c1. The third-order valence-electron chi connectivity index (χ3n) is 3.70. The normalized spacial score (nSPS) is 12.2. The summed E-state index contributed by atoms with van der Waals surface area (Å²) in [6, 6.07) is 3.34. The van der Waals surface area contributed by atoms with E-state index in [4.69, 9.17) is 16.9 Å². The summed E-state index contributed by atoms with van der Waals surface area (Å²) in [5.41, 5.74) is 0.0951. The van der Waals surface area contributed by atoms with Crippen LogP contribution in [0.15, 0.2) is 33.0 Å². The van der Waals surface area contributed by atoms with Crippen LogP contribution >= 0.6 is 11.6 Å². The molecule has 2 aromatic rings. The first-order chi connectivity index (χ1) is 15.7. The van der Waals surface area contributed by atoms with Crippen molar-refractivity contribution in [1.82, 2.24) is 20.9 Å². The zero-order valence-electron chi connectivity index (χ0n) is 16.7. The Morgan fingerprint density at radius 1 is 1.36 bits per heavy atom. The lowest BCUT2D eigenvalue weighted by atomic mass is 10.2. The first kappa shape index (κ1) is 25.3. The molecule has 16 heteroatoms. The van der Waals surface area contributed by atoms with Crippen molar-refractivity contribution in [3.63, 3.8) is 0 Å². The number of nitriles is 1. The topological polar surface area (TPSA) is 150 Å². The average molecular weight is 491 g/mol. The molecule has 33 heavy (non-hydrogen) atoms. The molecule has 0 bridgehead atoms. The molecule has 0 radical (unpaired) electrons. The number of benzene rings is 1. The van der Waals surface area contributed by atoms with E-state index in [0.717, 1.165) is 12.1 Å². The molecular formula is C17H15ClF4N8O3. The molecule has 0 spiro atoms. The molecule has 0 saturated carbocycles. The second kappa shape index (κ2) is 11.6. The summed E-state index contributed by atoms with van der Waals surface area (Å²) in [5.74, 6) is -3.55. The second-order valence-electron chi connectivity index (χ2n) is 5.97. The monoisotopic (exact) mass is 490 g/mol. The maximum absolute atomic E-state index is 13.4. The van der Waals surface area contributed by atoms with Gasteiger partial charge in [-0.2, -0.15) is 18.4 Å². The van der Waals surface area contributed by atoms with E-state index in [1.807, 2.05) is 0 Å². The number of nitrogens with one attached hydrogen (secondary N) is 3. The Balaban J connectivity index is 2.22. The molecule has 0 aliphatic heterocycles. The number of hydrogen-bond donors (Lipinski definition) is 3. The van der Waals surface area contributed by atoms with Crippen LogP contribution in [-0.2, 0) is 16.1 Å². The number of rotatable bonds is 7. The Bertz CT molecular complexity index is 1080. The van der Waals surface area contributed by atoms with Gasteiger partial charge in [0.15, 0.2) is 5.69 Å². The number of alkyl halides is 3. The lowest BCUT2D eigenvalue weighted by molar-refractivity contribution is -0.199. The van der Waals surface area contributed by atoms with E-state index in [1.165, 1.54) is 6.07 Å². The number of aromatic nitrogens is 2. The summed E-state index contributed by atoms with van der Waals surface area (Å²) >= 11 is 5.71. The second-order valence-corrected chi connectivity index (χ2v) is 6.38. The highest BCUT2D eigenvalue weighted by molar-refractivity contribution is 6.31. The van der Waals surface area contributed by atoms with Gasteiger partial charge in [0.2, 0.25) is 18.0 Å². The van der Waals surface area contributed by atoms with Gasteiger partial charge in [-0.15, -0.1) is 4.99 Å². The van der Waals surface area contributed by atoms with Crippen LogP contribution in [0.1, 0.15) is 17.8 Å². The number of anilines is 1. The van der Waals surface area contributed by atoms with E-state index in [0.29, 0.717) is 13.0 Å². The zero-order chi connectivity index (χ0) is 24.4. The molecule has 11 nitrogen and oxygen atoms in total. The van der Waals surface area contributed by atoms with Crippen LogP contribution in [0.5, 0.6) is 0 Å². The molecule has 0 saturated heterocycles. The summed E-state index contributed by atoms with van der Waals surface area (Å²) in [4.78, 5) is 18.5. The first-order valence-corrected chi connectivity index (χ1v) is 9.32. The van der Waals surface area contributed by atoms with Crippen molar-refractivity contribution >= 4 is 35.1 Å². The summed E-state index contributed by atoms with van der Waals surface area (Å²) < 4.78 is 55.5. The molecule has 2 rings (SSSR count). The smallest absolute Gasteiger partial charge is 0.359 e. The van der Waals surface area contributed by atoms with E-state index in [2.05, 4.69) is 45.9 Å². The lowest BCUT2D eigenvalue weighted by Crippen LogP contribution is -2.35. The predicted octanol–water partition coefficient (Wildman–Crippen LogP) is 2.32. The fraction of sp³-hybridized carbons (Fsp3) is 0.294. The van der Waals surface area contributed by atoms with Gasteiger partial charge in [0, 0.05) is 19.3 Å². The summed E-state index contributed by atoms with van der Waals surface area (Å²) in [6.07, 6.45) is -3.10. The van der Waals surface area contributed by atoms with Crippen molar-refractivity contribution in [3.8, 4) is 6.19 Å². The highest BCUT2D eigenvalue weighted by Crippen LogP contribution is 2.21. The van der Waals surface area contributed by atoms with Crippen LogP contribution in [-0.4, -0.2) is 47.8 Å². The molecule has 0 atom stereocenters. The van der Waals surface area contributed by atoms with Crippen molar-refractivity contribution in [2.24, 2.45) is 10.1 Å². The number of halogens is 5. The van der Waals surface area contributed by atoms with Gasteiger partial charge in [0.25, 0.3) is 0 Å². The number of aliphatic imine (C=N–C) groups is 1. The van der Waals surface area contributed by atoms with Crippen LogP contribution in [0.3, 0.4) is 0 Å². The number of guanidine groups is 1.